The Morgan fingerprint density at radius 1 is 1.00 bits per heavy atom. The van der Waals surface area contributed by atoms with Gasteiger partial charge in [0.1, 0.15) is 0 Å². The fourth-order valence-corrected chi connectivity index (χ4v) is 5.37. The highest BCUT2D eigenvalue weighted by Gasteiger charge is 2.25. The predicted octanol–water partition coefficient (Wildman–Crippen LogP) is 8.43. The van der Waals surface area contributed by atoms with E-state index in [1.54, 1.807) is 42.5 Å². The number of hydrogen-bond donors (Lipinski definition) is 2. The quantitative estimate of drug-likeness (QED) is 0.0869. The molecule has 1 aromatic heterocycles. The highest BCUT2D eigenvalue weighted by atomic mass is 35.5. The molecule has 9 nitrogen and oxygen atoms in total. The first-order valence-electron chi connectivity index (χ1n) is 13.5. The molecule has 0 aliphatic carbocycles. The average molecular weight is 637 g/mol. The van der Waals surface area contributed by atoms with Gasteiger partial charge in [0, 0.05) is 17.3 Å². The molecule has 1 heterocycles. The van der Waals surface area contributed by atoms with Crippen molar-refractivity contribution in [1.82, 2.24) is 20.1 Å². The Morgan fingerprint density at radius 2 is 1.70 bits per heavy atom. The first-order valence-corrected chi connectivity index (χ1v) is 15.3. The van der Waals surface area contributed by atoms with Crippen LogP contribution in [0.3, 0.4) is 0 Å². The van der Waals surface area contributed by atoms with E-state index in [1.165, 1.54) is 17.8 Å². The molecule has 2 amide bonds. The van der Waals surface area contributed by atoms with E-state index in [0.29, 0.717) is 45.9 Å². The second kappa shape index (κ2) is 15.5. The van der Waals surface area contributed by atoms with Crippen LogP contribution in [-0.4, -0.2) is 32.3 Å². The summed E-state index contributed by atoms with van der Waals surface area (Å²) in [6.07, 6.45) is 2.33. The van der Waals surface area contributed by atoms with Crippen LogP contribution >= 0.6 is 35.0 Å². The molecule has 0 spiro atoms. The number of rotatable bonds is 13. The smallest absolute Gasteiger partial charge is 0.253 e. The molecule has 4 aromatic rings. The van der Waals surface area contributed by atoms with Gasteiger partial charge in [-0.15, -0.1) is 16.8 Å². The zero-order valence-corrected chi connectivity index (χ0v) is 26.0. The molecule has 222 valence electrons. The molecule has 1 atom stereocenters. The summed E-state index contributed by atoms with van der Waals surface area (Å²) in [5, 5.41) is 24.3. The summed E-state index contributed by atoms with van der Waals surface area (Å²) >= 11 is 13.5. The first kappa shape index (κ1) is 31.9. The third-order valence-corrected chi connectivity index (χ3v) is 7.59. The van der Waals surface area contributed by atoms with Crippen molar-refractivity contribution < 1.29 is 9.59 Å². The Bertz CT molecular complexity index is 1590. The van der Waals surface area contributed by atoms with Crippen LogP contribution in [0.4, 0.5) is 17.1 Å². The SMILES string of the molecule is C=CCn1c(SCC(=O)Nc2ccc(N=Nc3ccccc3)cc2)nnc1[C@H](CC(C)C)NC(=O)c1ccc(Cl)cc1Cl. The second-order valence-corrected chi connectivity index (χ2v) is 11.7. The summed E-state index contributed by atoms with van der Waals surface area (Å²) in [5.41, 5.74) is 2.38. The van der Waals surface area contributed by atoms with Crippen molar-refractivity contribution in [1.29, 1.82) is 0 Å². The van der Waals surface area contributed by atoms with Gasteiger partial charge < -0.3 is 15.2 Å². The number of hydrogen-bond acceptors (Lipinski definition) is 7. The number of carbonyl (C=O) groups is 2. The van der Waals surface area contributed by atoms with E-state index in [2.05, 4.69) is 51.5 Å². The van der Waals surface area contributed by atoms with Gasteiger partial charge in [0.15, 0.2) is 11.0 Å². The number of nitrogens with one attached hydrogen (secondary N) is 2. The minimum atomic E-state index is -0.451. The molecule has 0 aliphatic heterocycles. The third-order valence-electron chi connectivity index (χ3n) is 6.08. The molecule has 43 heavy (non-hydrogen) atoms. The molecule has 0 saturated heterocycles. The van der Waals surface area contributed by atoms with Gasteiger partial charge in [0.25, 0.3) is 5.91 Å². The first-order chi connectivity index (χ1) is 20.7. The zero-order chi connectivity index (χ0) is 30.8. The van der Waals surface area contributed by atoms with Crippen LogP contribution < -0.4 is 10.6 Å². The van der Waals surface area contributed by atoms with Crippen molar-refractivity contribution in [3.05, 3.63) is 107 Å². The highest BCUT2D eigenvalue weighted by Crippen LogP contribution is 2.27. The number of allylic oxidation sites excluding steroid dienone is 1. The van der Waals surface area contributed by atoms with Gasteiger partial charge in [0.05, 0.1) is 33.8 Å². The number of aromatic nitrogens is 3. The Morgan fingerprint density at radius 3 is 2.35 bits per heavy atom. The lowest BCUT2D eigenvalue weighted by atomic mass is 10.0. The fraction of sp³-hybridized carbons (Fsp3) is 0.226. The van der Waals surface area contributed by atoms with Crippen molar-refractivity contribution in [2.75, 3.05) is 11.1 Å². The van der Waals surface area contributed by atoms with E-state index in [-0.39, 0.29) is 28.5 Å². The van der Waals surface area contributed by atoms with Crippen LogP contribution in [-0.2, 0) is 11.3 Å². The molecule has 0 fully saturated rings. The predicted molar refractivity (Wildman–Crippen MR) is 173 cm³/mol. The van der Waals surface area contributed by atoms with E-state index >= 15 is 0 Å². The molecule has 0 bridgehead atoms. The molecular formula is C31H31Cl2N7O2S. The van der Waals surface area contributed by atoms with Gasteiger partial charge >= 0.3 is 0 Å². The molecule has 0 aliphatic rings. The summed E-state index contributed by atoms with van der Waals surface area (Å²) in [5.74, 6) is 0.360. The average Bonchev–Trinajstić information content (AvgIpc) is 3.38. The Balaban J connectivity index is 1.41. The van der Waals surface area contributed by atoms with Gasteiger partial charge in [0.2, 0.25) is 5.91 Å². The van der Waals surface area contributed by atoms with Crippen molar-refractivity contribution in [3.8, 4) is 0 Å². The number of benzene rings is 3. The van der Waals surface area contributed by atoms with Crippen molar-refractivity contribution in [3.63, 3.8) is 0 Å². The monoisotopic (exact) mass is 635 g/mol. The normalized spacial score (nSPS) is 11.9. The lowest BCUT2D eigenvalue weighted by molar-refractivity contribution is -0.113. The molecule has 12 heteroatoms. The topological polar surface area (TPSA) is 114 Å². The van der Waals surface area contributed by atoms with Gasteiger partial charge in [-0.1, -0.05) is 73.1 Å². The summed E-state index contributed by atoms with van der Waals surface area (Å²) < 4.78 is 1.86. The van der Waals surface area contributed by atoms with Crippen molar-refractivity contribution in [2.45, 2.75) is 38.0 Å². The van der Waals surface area contributed by atoms with Crippen LogP contribution in [0.5, 0.6) is 0 Å². The Kier molecular flexibility index (Phi) is 11.5. The van der Waals surface area contributed by atoms with Gasteiger partial charge in [-0.05, 0) is 66.9 Å². The summed E-state index contributed by atoms with van der Waals surface area (Å²) in [7, 11) is 0. The van der Waals surface area contributed by atoms with Crippen LogP contribution in [0.2, 0.25) is 10.0 Å². The summed E-state index contributed by atoms with van der Waals surface area (Å²) in [6.45, 7) is 8.37. The minimum absolute atomic E-state index is 0.104. The Hall–Kier alpha value is -3.99. The molecular weight excluding hydrogens is 605 g/mol. The minimum Gasteiger partial charge on any atom is -0.342 e. The molecule has 3 aromatic carbocycles. The van der Waals surface area contributed by atoms with Crippen LogP contribution in [0.25, 0.3) is 0 Å². The van der Waals surface area contributed by atoms with Crippen LogP contribution in [0.15, 0.2) is 101 Å². The second-order valence-electron chi connectivity index (χ2n) is 9.94. The van der Waals surface area contributed by atoms with Crippen molar-refractivity contribution >= 4 is 63.8 Å². The lowest BCUT2D eigenvalue weighted by Crippen LogP contribution is -2.32. The maximum atomic E-state index is 13.1. The number of halogens is 2. The number of thioether (sulfide) groups is 1. The lowest BCUT2D eigenvalue weighted by Gasteiger charge is -2.21. The number of anilines is 1. The van der Waals surface area contributed by atoms with E-state index in [1.807, 2.05) is 34.9 Å². The standard InChI is InChI=1S/C31H31Cl2N7O2S/c1-4-16-40-29(27(17-20(2)3)35-30(42)25-15-10-21(32)18-26(25)33)38-39-31(40)43-19-28(41)34-22-11-13-24(14-12-22)37-36-23-8-6-5-7-9-23/h4-15,18,20,27H,1,16-17,19H2,2-3H3,(H,34,41)(H,35,42)/t27-/m0/s1. The number of azo groups is 1. The van der Waals surface area contributed by atoms with E-state index < -0.39 is 6.04 Å². The summed E-state index contributed by atoms with van der Waals surface area (Å²) in [4.78, 5) is 25.9. The Labute approximate surface area is 264 Å². The molecule has 2 N–H and O–H groups in total. The largest absolute Gasteiger partial charge is 0.342 e. The highest BCUT2D eigenvalue weighted by molar-refractivity contribution is 7.99. The summed E-state index contributed by atoms with van der Waals surface area (Å²) in [6, 6.07) is 20.8. The molecule has 4 rings (SSSR count). The maximum Gasteiger partial charge on any atom is 0.253 e. The van der Waals surface area contributed by atoms with Gasteiger partial charge in [-0.3, -0.25) is 9.59 Å². The zero-order valence-electron chi connectivity index (χ0n) is 23.7. The van der Waals surface area contributed by atoms with E-state index in [0.717, 1.165) is 5.69 Å². The fourth-order valence-electron chi connectivity index (χ4n) is 4.12. The van der Waals surface area contributed by atoms with Crippen LogP contribution in [0, 0.1) is 5.92 Å². The molecule has 0 radical (unpaired) electrons. The van der Waals surface area contributed by atoms with E-state index in [4.69, 9.17) is 23.2 Å². The third kappa shape index (κ3) is 9.25. The van der Waals surface area contributed by atoms with Crippen molar-refractivity contribution in [2.24, 2.45) is 16.1 Å². The number of amides is 2. The van der Waals surface area contributed by atoms with Crippen LogP contribution in [0.1, 0.15) is 42.5 Å². The number of carbonyl (C=O) groups excluding carboxylic acids is 2. The van der Waals surface area contributed by atoms with Gasteiger partial charge in [-0.25, -0.2) is 0 Å². The maximum absolute atomic E-state index is 13.1. The molecule has 0 unspecified atom stereocenters. The molecule has 0 saturated carbocycles. The van der Waals surface area contributed by atoms with Gasteiger partial charge in [-0.2, -0.15) is 10.2 Å². The van der Waals surface area contributed by atoms with E-state index in [9.17, 15) is 9.59 Å². The number of nitrogens with zero attached hydrogens (tertiary/aromatic N) is 5.